The molecule has 0 aliphatic rings. The van der Waals surface area contributed by atoms with Crippen LogP contribution in [0.1, 0.15) is 11.1 Å². The summed E-state index contributed by atoms with van der Waals surface area (Å²) in [6.07, 6.45) is 8.14. The molecule has 0 N–H and O–H groups in total. The van der Waals surface area contributed by atoms with Crippen LogP contribution in [0.25, 0.3) is 49.3 Å². The number of fused-ring (bicyclic) bond motifs is 6. The van der Waals surface area contributed by atoms with E-state index in [1.807, 2.05) is 36.5 Å². The second-order valence-electron chi connectivity index (χ2n) is 7.23. The Balaban J connectivity index is 1.69. The topological polar surface area (TPSA) is 30.2 Å². The SMILES string of the molecule is C=CC(=Cc1csc2ccccc12)c1cn2c3ccccc3nc2c2ncccc12. The Morgan fingerprint density at radius 2 is 1.80 bits per heavy atom. The van der Waals surface area contributed by atoms with Crippen molar-refractivity contribution in [1.29, 1.82) is 0 Å². The number of rotatable bonds is 3. The third-order valence-corrected chi connectivity index (χ3v) is 6.50. The number of thiophene rings is 1. The molecule has 0 spiro atoms. The van der Waals surface area contributed by atoms with Gasteiger partial charge >= 0.3 is 0 Å². The number of benzene rings is 2. The van der Waals surface area contributed by atoms with Crippen LogP contribution < -0.4 is 0 Å². The van der Waals surface area contributed by atoms with Crippen LogP contribution in [0.2, 0.25) is 0 Å². The van der Waals surface area contributed by atoms with Crippen LogP contribution in [0.5, 0.6) is 0 Å². The first kappa shape index (κ1) is 17.1. The molecule has 4 aromatic heterocycles. The van der Waals surface area contributed by atoms with Crippen molar-refractivity contribution in [3.8, 4) is 0 Å². The molecule has 6 rings (SSSR count). The van der Waals surface area contributed by atoms with Gasteiger partial charge in [-0.25, -0.2) is 4.98 Å². The van der Waals surface area contributed by atoms with E-state index < -0.39 is 0 Å². The molecule has 4 heteroatoms. The zero-order valence-corrected chi connectivity index (χ0v) is 16.9. The molecular weight excluding hydrogens is 386 g/mol. The Labute approximate surface area is 177 Å². The van der Waals surface area contributed by atoms with Crippen LogP contribution in [-0.2, 0) is 0 Å². The van der Waals surface area contributed by atoms with Gasteiger partial charge in [-0.2, -0.15) is 0 Å². The van der Waals surface area contributed by atoms with E-state index in [0.29, 0.717) is 0 Å². The number of hydrogen-bond acceptors (Lipinski definition) is 3. The summed E-state index contributed by atoms with van der Waals surface area (Å²) in [5, 5.41) is 4.55. The highest BCUT2D eigenvalue weighted by Gasteiger charge is 2.14. The number of aromatic nitrogens is 3. The van der Waals surface area contributed by atoms with E-state index in [1.54, 1.807) is 11.3 Å². The molecule has 142 valence electrons. The second kappa shape index (κ2) is 6.65. The van der Waals surface area contributed by atoms with Crippen molar-refractivity contribution in [2.24, 2.45) is 0 Å². The molecule has 3 nitrogen and oxygen atoms in total. The first-order chi connectivity index (χ1) is 14.8. The first-order valence-corrected chi connectivity index (χ1v) is 10.7. The number of allylic oxidation sites excluding steroid dienone is 2. The third-order valence-electron chi connectivity index (χ3n) is 5.52. The summed E-state index contributed by atoms with van der Waals surface area (Å²) in [4.78, 5) is 9.53. The average Bonchev–Trinajstić information content (AvgIpc) is 3.38. The summed E-state index contributed by atoms with van der Waals surface area (Å²) in [5.41, 5.74) is 7.18. The van der Waals surface area contributed by atoms with E-state index in [2.05, 4.69) is 70.0 Å². The van der Waals surface area contributed by atoms with Crippen LogP contribution in [0.3, 0.4) is 0 Å². The molecule has 0 radical (unpaired) electrons. The van der Waals surface area contributed by atoms with Gasteiger partial charge in [0.1, 0.15) is 5.52 Å². The maximum atomic E-state index is 4.84. The molecule has 0 atom stereocenters. The lowest BCUT2D eigenvalue weighted by atomic mass is 10.00. The second-order valence-corrected chi connectivity index (χ2v) is 8.14. The largest absolute Gasteiger partial charge is 0.297 e. The Kier molecular flexibility index (Phi) is 3.79. The predicted octanol–water partition coefficient (Wildman–Crippen LogP) is 6.98. The van der Waals surface area contributed by atoms with Gasteiger partial charge in [0.05, 0.1) is 11.0 Å². The van der Waals surface area contributed by atoms with Gasteiger partial charge in [-0.05, 0) is 52.2 Å². The smallest absolute Gasteiger partial charge is 0.164 e. The molecule has 0 unspecified atom stereocenters. The number of nitrogens with zero attached hydrogens (tertiary/aromatic N) is 3. The van der Waals surface area contributed by atoms with Crippen LogP contribution >= 0.6 is 11.3 Å². The summed E-state index contributed by atoms with van der Waals surface area (Å²) in [7, 11) is 0. The summed E-state index contributed by atoms with van der Waals surface area (Å²) < 4.78 is 3.43. The van der Waals surface area contributed by atoms with E-state index in [4.69, 9.17) is 4.98 Å². The van der Waals surface area contributed by atoms with Crippen molar-refractivity contribution in [2.45, 2.75) is 0 Å². The Morgan fingerprint density at radius 1 is 0.967 bits per heavy atom. The van der Waals surface area contributed by atoms with Gasteiger partial charge in [-0.1, -0.05) is 49.1 Å². The van der Waals surface area contributed by atoms with E-state index in [9.17, 15) is 0 Å². The highest BCUT2D eigenvalue weighted by Crippen LogP contribution is 2.33. The van der Waals surface area contributed by atoms with Crippen LogP contribution in [-0.4, -0.2) is 14.4 Å². The van der Waals surface area contributed by atoms with Crippen LogP contribution in [0, 0.1) is 0 Å². The van der Waals surface area contributed by atoms with Gasteiger partial charge in [0.25, 0.3) is 0 Å². The molecule has 0 aliphatic carbocycles. The van der Waals surface area contributed by atoms with Crippen molar-refractivity contribution >= 4 is 60.7 Å². The molecule has 30 heavy (non-hydrogen) atoms. The number of imidazole rings is 1. The standard InChI is InChI=1S/C26H17N3S/c1-2-17(14-18-16-30-24-12-6-3-8-19(18)24)21-15-29-23-11-5-4-10-22(23)28-26(29)25-20(21)9-7-13-27-25/h2-16H,1H2. The van der Waals surface area contributed by atoms with Gasteiger partial charge in [0.15, 0.2) is 5.65 Å². The monoisotopic (exact) mass is 403 g/mol. The number of hydrogen-bond donors (Lipinski definition) is 0. The minimum atomic E-state index is 0.875. The fourth-order valence-corrected chi connectivity index (χ4v) is 5.01. The molecular formula is C26H17N3S. The van der Waals surface area contributed by atoms with Gasteiger partial charge < -0.3 is 0 Å². The molecule has 4 heterocycles. The molecule has 0 fully saturated rings. The lowest BCUT2D eigenvalue weighted by molar-refractivity contribution is 1.22. The highest BCUT2D eigenvalue weighted by atomic mass is 32.1. The molecule has 6 aromatic rings. The minimum absolute atomic E-state index is 0.875. The Morgan fingerprint density at radius 3 is 2.73 bits per heavy atom. The molecule has 0 bridgehead atoms. The van der Waals surface area contributed by atoms with E-state index in [0.717, 1.165) is 38.7 Å². The van der Waals surface area contributed by atoms with Gasteiger partial charge in [-0.15, -0.1) is 11.3 Å². The Hall–Kier alpha value is -3.76. The van der Waals surface area contributed by atoms with Gasteiger partial charge in [0, 0.05) is 28.0 Å². The zero-order chi connectivity index (χ0) is 20.1. The molecule has 0 saturated heterocycles. The molecule has 0 aliphatic heterocycles. The summed E-state index contributed by atoms with van der Waals surface area (Å²) in [5.74, 6) is 0. The maximum absolute atomic E-state index is 4.84. The zero-order valence-electron chi connectivity index (χ0n) is 16.1. The van der Waals surface area contributed by atoms with Crippen LogP contribution in [0.4, 0.5) is 0 Å². The fraction of sp³-hybridized carbons (Fsp3) is 0. The van der Waals surface area contributed by atoms with E-state index in [-0.39, 0.29) is 0 Å². The number of pyridine rings is 2. The average molecular weight is 404 g/mol. The highest BCUT2D eigenvalue weighted by molar-refractivity contribution is 7.17. The summed E-state index contributed by atoms with van der Waals surface area (Å²) in [6, 6.07) is 20.8. The normalized spacial score (nSPS) is 12.3. The maximum Gasteiger partial charge on any atom is 0.164 e. The summed E-state index contributed by atoms with van der Waals surface area (Å²) >= 11 is 1.76. The lowest BCUT2D eigenvalue weighted by Gasteiger charge is -2.10. The quantitative estimate of drug-likeness (QED) is 0.298. The van der Waals surface area contributed by atoms with E-state index in [1.165, 1.54) is 15.6 Å². The van der Waals surface area contributed by atoms with Crippen molar-refractivity contribution in [1.82, 2.24) is 14.4 Å². The third kappa shape index (κ3) is 2.51. The summed E-state index contributed by atoms with van der Waals surface area (Å²) in [6.45, 7) is 4.12. The fourth-order valence-electron chi connectivity index (χ4n) is 4.10. The lowest BCUT2D eigenvalue weighted by Crippen LogP contribution is -1.94. The van der Waals surface area contributed by atoms with Crippen LogP contribution in [0.15, 0.2) is 91.1 Å². The predicted molar refractivity (Wildman–Crippen MR) is 128 cm³/mol. The van der Waals surface area contributed by atoms with Gasteiger partial charge in [0.2, 0.25) is 0 Å². The van der Waals surface area contributed by atoms with Gasteiger partial charge in [-0.3, -0.25) is 9.38 Å². The van der Waals surface area contributed by atoms with Crippen molar-refractivity contribution in [3.63, 3.8) is 0 Å². The minimum Gasteiger partial charge on any atom is -0.297 e. The first-order valence-electron chi connectivity index (χ1n) is 9.79. The molecule has 2 aromatic carbocycles. The number of para-hydroxylation sites is 2. The van der Waals surface area contributed by atoms with Crippen molar-refractivity contribution < 1.29 is 0 Å². The van der Waals surface area contributed by atoms with E-state index >= 15 is 0 Å². The molecule has 0 saturated carbocycles. The molecule has 0 amide bonds. The van der Waals surface area contributed by atoms with Crippen molar-refractivity contribution in [2.75, 3.05) is 0 Å². The Bertz CT molecular complexity index is 1620. The van der Waals surface area contributed by atoms with Crippen molar-refractivity contribution in [3.05, 3.63) is 102 Å².